The molecule has 1 aliphatic heterocycles. The lowest BCUT2D eigenvalue weighted by Gasteiger charge is -2.28. The highest BCUT2D eigenvalue weighted by Crippen LogP contribution is 2.22. The Kier molecular flexibility index (Phi) is 6.02. The number of aromatic amines is 1. The summed E-state index contributed by atoms with van der Waals surface area (Å²) in [4.78, 5) is 14.6. The van der Waals surface area contributed by atoms with Gasteiger partial charge in [0.05, 0.1) is 17.0 Å². The minimum Gasteiger partial charge on any atom is -0.399 e. The summed E-state index contributed by atoms with van der Waals surface area (Å²) >= 11 is 0. The maximum Gasteiger partial charge on any atom is 0.252 e. The predicted molar refractivity (Wildman–Crippen MR) is 121 cm³/mol. The quantitative estimate of drug-likeness (QED) is 0.526. The number of anilines is 2. The van der Waals surface area contributed by atoms with Gasteiger partial charge in [0.1, 0.15) is 0 Å². The van der Waals surface area contributed by atoms with Crippen LogP contribution in [0.2, 0.25) is 0 Å². The molecule has 1 fully saturated rings. The molecule has 4 rings (SSSR count). The van der Waals surface area contributed by atoms with Gasteiger partial charge < -0.3 is 16.4 Å². The zero-order valence-corrected chi connectivity index (χ0v) is 17.2. The number of nitrogens with one attached hydrogen (secondary N) is 1. The van der Waals surface area contributed by atoms with E-state index in [-0.39, 0.29) is 0 Å². The molecule has 0 aliphatic carbocycles. The Morgan fingerprint density at radius 1 is 0.933 bits per heavy atom. The van der Waals surface area contributed by atoms with Crippen LogP contribution < -0.4 is 16.4 Å². The van der Waals surface area contributed by atoms with Crippen LogP contribution in [0.4, 0.5) is 11.4 Å². The smallest absolute Gasteiger partial charge is 0.252 e. The Morgan fingerprint density at radius 3 is 2.27 bits per heavy atom. The fourth-order valence-electron chi connectivity index (χ4n) is 4.15. The van der Waals surface area contributed by atoms with E-state index >= 15 is 0 Å². The van der Waals surface area contributed by atoms with Crippen molar-refractivity contribution in [1.82, 2.24) is 10.2 Å². The van der Waals surface area contributed by atoms with Gasteiger partial charge in [-0.15, -0.1) is 0 Å². The van der Waals surface area contributed by atoms with Crippen LogP contribution in [-0.2, 0) is 19.3 Å². The number of nitrogens with zero attached hydrogens (tertiary/aromatic N) is 2. The number of aryl methyl sites for hydroxylation is 2. The van der Waals surface area contributed by atoms with E-state index in [0.717, 1.165) is 47.7 Å². The Balaban J connectivity index is 1.46. The van der Waals surface area contributed by atoms with Crippen LogP contribution in [-0.4, -0.2) is 29.2 Å². The summed E-state index contributed by atoms with van der Waals surface area (Å²) in [5.41, 5.74) is 17.8. The number of carbonyl (C=O) groups excluding carboxylic acids is 1. The van der Waals surface area contributed by atoms with Gasteiger partial charge in [-0.2, -0.15) is 5.10 Å². The first-order valence-electron chi connectivity index (χ1n) is 10.6. The third kappa shape index (κ3) is 4.64. The van der Waals surface area contributed by atoms with Gasteiger partial charge in [0, 0.05) is 30.9 Å². The van der Waals surface area contributed by atoms with E-state index in [1.807, 2.05) is 24.3 Å². The molecule has 1 aliphatic rings. The number of carbonyl (C=O) groups is 1. The highest BCUT2D eigenvalue weighted by atomic mass is 16.1. The van der Waals surface area contributed by atoms with Gasteiger partial charge in [-0.3, -0.25) is 9.89 Å². The van der Waals surface area contributed by atoms with E-state index in [1.165, 1.54) is 24.9 Å². The zero-order valence-electron chi connectivity index (χ0n) is 17.2. The third-order valence-electron chi connectivity index (χ3n) is 5.83. The van der Waals surface area contributed by atoms with Crippen molar-refractivity contribution in [2.75, 3.05) is 23.7 Å². The second-order valence-electron chi connectivity index (χ2n) is 8.02. The Hall–Kier alpha value is -3.28. The zero-order chi connectivity index (χ0) is 20.9. The van der Waals surface area contributed by atoms with Crippen molar-refractivity contribution in [2.24, 2.45) is 5.73 Å². The van der Waals surface area contributed by atoms with Crippen LogP contribution in [0.25, 0.3) is 0 Å². The van der Waals surface area contributed by atoms with E-state index in [1.54, 1.807) is 0 Å². The number of benzene rings is 2. The number of hydrogen-bond donors (Lipinski definition) is 3. The van der Waals surface area contributed by atoms with E-state index in [4.69, 9.17) is 11.5 Å². The van der Waals surface area contributed by atoms with E-state index < -0.39 is 5.91 Å². The molecule has 156 valence electrons. The largest absolute Gasteiger partial charge is 0.399 e. The van der Waals surface area contributed by atoms with Crippen molar-refractivity contribution < 1.29 is 4.79 Å². The Morgan fingerprint density at radius 2 is 1.60 bits per heavy atom. The first kappa shape index (κ1) is 20.0. The van der Waals surface area contributed by atoms with Crippen molar-refractivity contribution in [1.29, 1.82) is 0 Å². The minimum absolute atomic E-state index is 0.434. The van der Waals surface area contributed by atoms with Crippen LogP contribution in [0, 0.1) is 0 Å². The average molecular weight is 404 g/mol. The van der Waals surface area contributed by atoms with Gasteiger partial charge in [0.2, 0.25) is 0 Å². The van der Waals surface area contributed by atoms with E-state index in [0.29, 0.717) is 18.4 Å². The monoisotopic (exact) mass is 403 g/mol. The lowest BCUT2D eigenvalue weighted by atomic mass is 10.0. The van der Waals surface area contributed by atoms with E-state index in [2.05, 4.69) is 39.4 Å². The average Bonchev–Trinajstić information content (AvgIpc) is 3.17. The van der Waals surface area contributed by atoms with Gasteiger partial charge in [0.25, 0.3) is 5.91 Å². The van der Waals surface area contributed by atoms with Crippen molar-refractivity contribution in [3.8, 4) is 0 Å². The molecular formula is C24H29N5O. The maximum absolute atomic E-state index is 12.1. The first-order chi connectivity index (χ1) is 14.6. The summed E-state index contributed by atoms with van der Waals surface area (Å²) < 4.78 is 0. The highest BCUT2D eigenvalue weighted by Gasteiger charge is 2.18. The van der Waals surface area contributed by atoms with Crippen molar-refractivity contribution in [3.63, 3.8) is 0 Å². The van der Waals surface area contributed by atoms with Gasteiger partial charge in [-0.1, -0.05) is 24.3 Å². The molecule has 2 aromatic carbocycles. The highest BCUT2D eigenvalue weighted by molar-refractivity contribution is 5.95. The standard InChI is InChI=1S/C24H29N5O/c25-19-9-4-17(5-10-19)8-13-21-23(24(26)30)22(28-27-21)16-18-6-11-20(12-7-18)29-14-2-1-3-15-29/h4-7,9-12H,1-3,8,13-16,25H2,(H2,26,30)(H,27,28). The lowest BCUT2D eigenvalue weighted by Crippen LogP contribution is -2.29. The SMILES string of the molecule is NC(=O)c1c(CCc2ccc(N)cc2)n[nH]c1Cc1ccc(N2CCCCC2)cc1. The van der Waals surface area contributed by atoms with Gasteiger partial charge in [0.15, 0.2) is 0 Å². The third-order valence-corrected chi connectivity index (χ3v) is 5.83. The Bertz CT molecular complexity index is 985. The number of primary amides is 1. The van der Waals surface area contributed by atoms with Crippen molar-refractivity contribution >= 4 is 17.3 Å². The normalized spacial score (nSPS) is 14.1. The molecule has 0 bridgehead atoms. The van der Waals surface area contributed by atoms with Crippen LogP contribution >= 0.6 is 0 Å². The second kappa shape index (κ2) is 9.03. The number of H-pyrrole nitrogens is 1. The number of piperidine rings is 1. The fourth-order valence-corrected chi connectivity index (χ4v) is 4.15. The molecule has 6 nitrogen and oxygen atoms in total. The molecule has 30 heavy (non-hydrogen) atoms. The molecular weight excluding hydrogens is 374 g/mol. The minimum atomic E-state index is -0.434. The molecule has 2 heterocycles. The predicted octanol–water partition coefficient (Wildman–Crippen LogP) is 3.46. The molecule has 3 aromatic rings. The van der Waals surface area contributed by atoms with Crippen LogP contribution in [0.1, 0.15) is 52.1 Å². The van der Waals surface area contributed by atoms with Crippen LogP contribution in [0.3, 0.4) is 0 Å². The lowest BCUT2D eigenvalue weighted by molar-refractivity contribution is 0.0998. The van der Waals surface area contributed by atoms with Gasteiger partial charge in [-0.05, 0) is 67.5 Å². The Labute approximate surface area is 177 Å². The molecule has 0 radical (unpaired) electrons. The fraction of sp³-hybridized carbons (Fsp3) is 0.333. The van der Waals surface area contributed by atoms with Crippen molar-refractivity contribution in [2.45, 2.75) is 38.5 Å². The van der Waals surface area contributed by atoms with Crippen molar-refractivity contribution in [3.05, 3.63) is 76.6 Å². The van der Waals surface area contributed by atoms with Gasteiger partial charge >= 0.3 is 0 Å². The molecule has 1 saturated heterocycles. The summed E-state index contributed by atoms with van der Waals surface area (Å²) in [6.45, 7) is 2.26. The second-order valence-corrected chi connectivity index (χ2v) is 8.02. The first-order valence-corrected chi connectivity index (χ1v) is 10.6. The van der Waals surface area contributed by atoms with Crippen LogP contribution in [0.5, 0.6) is 0 Å². The molecule has 5 N–H and O–H groups in total. The summed E-state index contributed by atoms with van der Waals surface area (Å²) in [7, 11) is 0. The number of amides is 1. The van der Waals surface area contributed by atoms with Gasteiger partial charge in [-0.25, -0.2) is 0 Å². The number of hydrogen-bond acceptors (Lipinski definition) is 4. The molecule has 6 heteroatoms. The molecule has 1 aromatic heterocycles. The molecule has 0 saturated carbocycles. The van der Waals surface area contributed by atoms with Crippen LogP contribution in [0.15, 0.2) is 48.5 Å². The summed E-state index contributed by atoms with van der Waals surface area (Å²) in [6, 6.07) is 16.4. The summed E-state index contributed by atoms with van der Waals surface area (Å²) in [5, 5.41) is 7.44. The molecule has 0 spiro atoms. The summed E-state index contributed by atoms with van der Waals surface area (Å²) in [6.07, 6.45) is 5.87. The number of nitrogen functional groups attached to an aromatic ring is 1. The molecule has 1 amide bonds. The molecule has 0 atom stereocenters. The molecule has 0 unspecified atom stereocenters. The number of rotatable bonds is 7. The number of nitrogens with two attached hydrogens (primary N) is 2. The maximum atomic E-state index is 12.1. The topological polar surface area (TPSA) is 101 Å². The van der Waals surface area contributed by atoms with E-state index in [9.17, 15) is 4.79 Å². The summed E-state index contributed by atoms with van der Waals surface area (Å²) in [5.74, 6) is -0.434. The number of aromatic nitrogens is 2.